The molecule has 2 aromatic heterocycles. The molecule has 2 aromatic carbocycles. The Morgan fingerprint density at radius 2 is 1.05 bits per heavy atom. The molecule has 4 heterocycles. The molecule has 0 saturated carbocycles. The quantitative estimate of drug-likeness (QED) is 0.129. The van der Waals surface area contributed by atoms with Gasteiger partial charge in [-0.3, -0.25) is 23.4 Å². The van der Waals surface area contributed by atoms with E-state index >= 15 is 0 Å². The molecule has 0 bridgehead atoms. The van der Waals surface area contributed by atoms with Crippen molar-refractivity contribution in [1.29, 1.82) is 0 Å². The zero-order valence-corrected chi connectivity index (χ0v) is 35.2. The number of anilines is 2. The van der Waals surface area contributed by atoms with Crippen LogP contribution in [0.3, 0.4) is 0 Å². The predicted molar refractivity (Wildman–Crippen MR) is 227 cm³/mol. The minimum atomic E-state index is -3.56. The molecule has 312 valence electrons. The van der Waals surface area contributed by atoms with E-state index in [4.69, 9.17) is 5.73 Å². The molecule has 0 amide bonds. The third-order valence-corrected chi connectivity index (χ3v) is 15.2. The number of nitrogens with two attached hydrogens (primary N) is 1. The number of Topliss-reactive ketones (excluding diaryl/α,β-unsaturated/α-hetero) is 1. The van der Waals surface area contributed by atoms with Crippen LogP contribution in [0.5, 0.6) is 0 Å². The van der Waals surface area contributed by atoms with Gasteiger partial charge in [-0.1, -0.05) is 50.2 Å². The number of hydrogen-bond donors (Lipinski definition) is 1. The number of methoxy groups -OCH3 is 1. The molecule has 58 heavy (non-hydrogen) atoms. The largest absolute Gasteiger partial charge is 0.465 e. The van der Waals surface area contributed by atoms with Crippen LogP contribution in [0, 0.1) is 0 Å². The number of carbonyl (C=O) groups excluding carboxylic acids is 2. The molecule has 0 atom stereocenters. The monoisotopic (exact) mass is 833 g/mol. The Kier molecular flexibility index (Phi) is 15.9. The fourth-order valence-corrected chi connectivity index (χ4v) is 10.9. The third-order valence-electron chi connectivity index (χ3n) is 10.7. The average molecular weight is 834 g/mol. The number of ether oxygens (including phenoxy) is 1. The molecule has 2 saturated heterocycles. The Labute approximate surface area is 343 Å². The SMILES string of the molecule is CCN1CCC(S(=O)(=O)N(Cc2ccc(C(=O)CN)cn2)c2ccccc2)CC1.CCN1CCC(S(=O)(=O)N(Cc2ccc(C(=O)OC)cn2)c2ccccc2)CC1. The van der Waals surface area contributed by atoms with E-state index in [0.29, 0.717) is 59.6 Å². The second kappa shape index (κ2) is 20.8. The molecule has 2 fully saturated rings. The minimum Gasteiger partial charge on any atom is -0.465 e. The van der Waals surface area contributed by atoms with Crippen molar-refractivity contribution in [2.24, 2.45) is 5.73 Å². The first kappa shape index (κ1) is 44.4. The number of carbonyl (C=O) groups is 2. The lowest BCUT2D eigenvalue weighted by molar-refractivity contribution is 0.0600. The van der Waals surface area contributed by atoms with Gasteiger partial charge in [0.15, 0.2) is 5.78 Å². The fourth-order valence-electron chi connectivity index (χ4n) is 7.10. The molecule has 0 unspecified atom stereocenters. The van der Waals surface area contributed by atoms with Crippen LogP contribution in [-0.4, -0.2) is 112 Å². The number of rotatable bonds is 15. The van der Waals surface area contributed by atoms with Crippen LogP contribution < -0.4 is 14.3 Å². The minimum absolute atomic E-state index is 0.0813. The molecule has 2 aliphatic heterocycles. The van der Waals surface area contributed by atoms with Crippen molar-refractivity contribution in [3.8, 4) is 0 Å². The van der Waals surface area contributed by atoms with Crippen LogP contribution in [0.4, 0.5) is 11.4 Å². The molecular formula is C42H55N7O7S2. The van der Waals surface area contributed by atoms with Crippen molar-refractivity contribution in [3.05, 3.63) is 120 Å². The molecular weight excluding hydrogens is 779 g/mol. The molecule has 0 spiro atoms. The molecule has 16 heteroatoms. The Morgan fingerprint density at radius 1 is 0.655 bits per heavy atom. The van der Waals surface area contributed by atoms with E-state index in [0.717, 1.165) is 39.3 Å². The summed E-state index contributed by atoms with van der Waals surface area (Å²) in [6.07, 6.45) is 5.35. The van der Waals surface area contributed by atoms with Gasteiger partial charge in [0.25, 0.3) is 0 Å². The second-order valence-electron chi connectivity index (χ2n) is 14.2. The molecule has 2 aliphatic rings. The third kappa shape index (κ3) is 11.3. The van der Waals surface area contributed by atoms with Gasteiger partial charge < -0.3 is 20.3 Å². The van der Waals surface area contributed by atoms with E-state index in [1.54, 1.807) is 48.5 Å². The summed E-state index contributed by atoms with van der Waals surface area (Å²) in [7, 11) is -5.81. The van der Waals surface area contributed by atoms with Crippen LogP contribution in [0.2, 0.25) is 0 Å². The van der Waals surface area contributed by atoms with Crippen LogP contribution in [0.25, 0.3) is 0 Å². The number of esters is 1. The smallest absolute Gasteiger partial charge is 0.339 e. The molecule has 0 aliphatic carbocycles. The highest BCUT2D eigenvalue weighted by molar-refractivity contribution is 7.93. The van der Waals surface area contributed by atoms with E-state index in [1.807, 2.05) is 36.4 Å². The summed E-state index contributed by atoms with van der Waals surface area (Å²) in [5, 5.41) is -0.830. The van der Waals surface area contributed by atoms with Crippen molar-refractivity contribution < 1.29 is 31.2 Å². The maximum absolute atomic E-state index is 13.5. The summed E-state index contributed by atoms with van der Waals surface area (Å²) < 4.78 is 61.6. The zero-order chi connectivity index (χ0) is 41.7. The normalized spacial score (nSPS) is 15.9. The van der Waals surface area contributed by atoms with Gasteiger partial charge in [-0.15, -0.1) is 0 Å². The first-order valence-corrected chi connectivity index (χ1v) is 22.7. The van der Waals surface area contributed by atoms with Gasteiger partial charge >= 0.3 is 5.97 Å². The number of sulfonamides is 2. The topological polar surface area (TPSA) is 176 Å². The number of para-hydroxylation sites is 2. The zero-order valence-electron chi connectivity index (χ0n) is 33.5. The van der Waals surface area contributed by atoms with Crippen molar-refractivity contribution in [3.63, 3.8) is 0 Å². The van der Waals surface area contributed by atoms with E-state index in [1.165, 1.54) is 28.1 Å². The van der Waals surface area contributed by atoms with Crippen molar-refractivity contribution in [1.82, 2.24) is 19.8 Å². The van der Waals surface area contributed by atoms with Gasteiger partial charge in [-0.2, -0.15) is 0 Å². The number of pyridine rings is 2. The standard InChI is InChI=1S/C21H28N4O3S.C21H27N3O4S/c1-2-24-12-10-20(11-13-24)29(27,28)25(19-6-4-3-5-7-19)16-18-9-8-17(15-23-18)21(26)14-22;1-3-23-13-11-20(12-14-23)29(26,27)24(19-7-5-4-6-8-19)16-18-10-9-17(15-22-18)21(25)28-2/h3-9,15,20H,2,10-14,16,22H2,1H3;4-10,15,20H,3,11-14,16H2,1-2H3. The van der Waals surface area contributed by atoms with E-state index in [-0.39, 0.29) is 25.4 Å². The van der Waals surface area contributed by atoms with E-state index in [2.05, 4.69) is 38.4 Å². The Balaban J connectivity index is 0.000000221. The molecule has 2 N–H and O–H groups in total. The van der Waals surface area contributed by atoms with Crippen molar-refractivity contribution in [2.75, 3.05) is 61.5 Å². The van der Waals surface area contributed by atoms with Gasteiger partial charge in [0.05, 0.1) is 65.6 Å². The summed E-state index contributed by atoms with van der Waals surface area (Å²) in [5.74, 6) is -0.668. The number of likely N-dealkylation sites (tertiary alicyclic amines) is 2. The van der Waals surface area contributed by atoms with Crippen LogP contribution in [0.15, 0.2) is 97.3 Å². The van der Waals surface area contributed by atoms with Crippen molar-refractivity contribution in [2.45, 2.75) is 63.1 Å². The number of ketones is 1. The molecule has 0 radical (unpaired) electrons. The van der Waals surface area contributed by atoms with E-state index in [9.17, 15) is 26.4 Å². The van der Waals surface area contributed by atoms with Gasteiger partial charge in [0.1, 0.15) is 0 Å². The first-order valence-electron chi connectivity index (χ1n) is 19.7. The summed E-state index contributed by atoms with van der Waals surface area (Å²) >= 11 is 0. The first-order chi connectivity index (χ1) is 27.9. The summed E-state index contributed by atoms with van der Waals surface area (Å²) in [6.45, 7) is 9.36. The van der Waals surface area contributed by atoms with E-state index < -0.39 is 36.5 Å². The summed E-state index contributed by atoms with van der Waals surface area (Å²) in [4.78, 5) is 36.5. The highest BCUT2D eigenvalue weighted by Gasteiger charge is 2.36. The number of piperidine rings is 2. The maximum atomic E-state index is 13.5. The lowest BCUT2D eigenvalue weighted by Gasteiger charge is -2.34. The number of hydrogen-bond acceptors (Lipinski definition) is 12. The van der Waals surface area contributed by atoms with Gasteiger partial charge in [0.2, 0.25) is 20.0 Å². The highest BCUT2D eigenvalue weighted by atomic mass is 32.2. The number of benzene rings is 2. The van der Waals surface area contributed by atoms with Crippen LogP contribution >= 0.6 is 0 Å². The van der Waals surface area contributed by atoms with Crippen molar-refractivity contribution >= 4 is 43.2 Å². The maximum Gasteiger partial charge on any atom is 0.339 e. The molecule has 14 nitrogen and oxygen atoms in total. The second-order valence-corrected chi connectivity index (χ2v) is 18.5. The van der Waals surface area contributed by atoms with Gasteiger partial charge in [0, 0.05) is 18.0 Å². The predicted octanol–water partition coefficient (Wildman–Crippen LogP) is 4.73. The lowest BCUT2D eigenvalue weighted by atomic mass is 10.1. The molecule has 6 rings (SSSR count). The summed E-state index contributed by atoms with van der Waals surface area (Å²) in [6, 6.07) is 24.8. The Morgan fingerprint density at radius 3 is 1.38 bits per heavy atom. The van der Waals surface area contributed by atoms with Gasteiger partial charge in [-0.25, -0.2) is 21.6 Å². The fraction of sp³-hybridized carbons (Fsp3) is 0.429. The average Bonchev–Trinajstić information content (AvgIpc) is 3.28. The molecule has 4 aromatic rings. The van der Waals surface area contributed by atoms with Gasteiger partial charge in [-0.05, 0) is 113 Å². The summed E-state index contributed by atoms with van der Waals surface area (Å²) in [5.41, 5.74) is 8.53. The number of nitrogens with zero attached hydrogens (tertiary/aromatic N) is 6. The Hall–Kier alpha value is -4.74. The van der Waals surface area contributed by atoms with Crippen LogP contribution in [-0.2, 0) is 37.9 Å². The highest BCUT2D eigenvalue weighted by Crippen LogP contribution is 2.29. The van der Waals surface area contributed by atoms with Crippen LogP contribution in [0.1, 0.15) is 71.6 Å². The number of aromatic nitrogens is 2. The Bertz CT molecular complexity index is 1970. The lowest BCUT2D eigenvalue weighted by Crippen LogP contribution is -2.45.